The van der Waals surface area contributed by atoms with Crippen molar-refractivity contribution in [3.63, 3.8) is 0 Å². The van der Waals surface area contributed by atoms with E-state index in [1.165, 1.54) is 0 Å². The van der Waals surface area contributed by atoms with Gasteiger partial charge in [-0.15, -0.1) is 0 Å². The number of hydrogen-bond acceptors (Lipinski definition) is 3. The predicted octanol–water partition coefficient (Wildman–Crippen LogP) is 1.18. The molecule has 1 atom stereocenters. The topological polar surface area (TPSA) is 38.3 Å². The first-order chi connectivity index (χ1) is 6.56. The molecule has 1 heterocycles. The van der Waals surface area contributed by atoms with Crippen LogP contribution in [0, 0.1) is 5.92 Å². The van der Waals surface area contributed by atoms with Crippen molar-refractivity contribution in [2.45, 2.75) is 25.7 Å². The van der Waals surface area contributed by atoms with Crippen LogP contribution in [0.2, 0.25) is 0 Å². The first-order valence-corrected chi connectivity index (χ1v) is 4.80. The van der Waals surface area contributed by atoms with Crippen LogP contribution in [0.4, 0.5) is 8.78 Å². The van der Waals surface area contributed by atoms with Crippen molar-refractivity contribution in [1.29, 1.82) is 0 Å². The maximum Gasteiger partial charge on any atom is 0.306 e. The molecule has 5 heteroatoms. The molecule has 0 aromatic rings. The molecule has 1 N–H and O–H groups in total. The molecule has 0 radical (unpaired) electrons. The second kappa shape index (κ2) is 4.68. The minimum Gasteiger partial charge on any atom is -0.466 e. The summed E-state index contributed by atoms with van der Waals surface area (Å²) < 4.78 is 31.0. The first kappa shape index (κ1) is 11.4. The summed E-state index contributed by atoms with van der Waals surface area (Å²) in [7, 11) is 0. The van der Waals surface area contributed by atoms with Crippen molar-refractivity contribution >= 4 is 5.97 Å². The molecular formula is C9H15F2NO2. The van der Waals surface area contributed by atoms with E-state index in [4.69, 9.17) is 0 Å². The number of carbonyl (C=O) groups is 1. The van der Waals surface area contributed by atoms with Gasteiger partial charge in [-0.05, 0) is 19.9 Å². The van der Waals surface area contributed by atoms with Crippen molar-refractivity contribution in [3.8, 4) is 0 Å². The summed E-state index contributed by atoms with van der Waals surface area (Å²) in [5.74, 6) is -4.19. The largest absolute Gasteiger partial charge is 0.466 e. The van der Waals surface area contributed by atoms with Crippen molar-refractivity contribution < 1.29 is 18.3 Å². The third kappa shape index (κ3) is 2.90. The molecule has 0 bridgehead atoms. The maximum atomic E-state index is 13.2. The molecule has 0 aromatic heterocycles. The summed E-state index contributed by atoms with van der Waals surface area (Å²) in [5, 5.41) is 2.61. The fourth-order valence-electron chi connectivity index (χ4n) is 1.56. The van der Waals surface area contributed by atoms with Crippen LogP contribution < -0.4 is 5.32 Å². The lowest BCUT2D eigenvalue weighted by Gasteiger charge is -2.31. The molecule has 0 spiro atoms. The highest BCUT2D eigenvalue weighted by Crippen LogP contribution is 2.32. The standard InChI is InChI=1S/C9H15F2NO2/c1-2-14-8(13)5-7-3-4-12-6-9(7,10)11/h7,12H,2-6H2,1H3. The number of hydrogen-bond donors (Lipinski definition) is 1. The molecule has 14 heavy (non-hydrogen) atoms. The molecule has 1 aliphatic rings. The van der Waals surface area contributed by atoms with Crippen molar-refractivity contribution in [3.05, 3.63) is 0 Å². The Labute approximate surface area is 81.8 Å². The lowest BCUT2D eigenvalue weighted by molar-refractivity contribution is -0.150. The van der Waals surface area contributed by atoms with Crippen LogP contribution >= 0.6 is 0 Å². The summed E-state index contributed by atoms with van der Waals surface area (Å²) in [4.78, 5) is 11.0. The molecule has 0 aromatic carbocycles. The van der Waals surface area contributed by atoms with Gasteiger partial charge >= 0.3 is 5.97 Å². The average Bonchev–Trinajstić information content (AvgIpc) is 2.09. The molecule has 1 fully saturated rings. The Balaban J connectivity index is 2.45. The van der Waals surface area contributed by atoms with E-state index in [0.717, 1.165) is 0 Å². The first-order valence-electron chi connectivity index (χ1n) is 4.80. The zero-order chi connectivity index (χ0) is 10.6. The molecule has 0 aliphatic carbocycles. The van der Waals surface area contributed by atoms with Crippen LogP contribution in [0.15, 0.2) is 0 Å². The van der Waals surface area contributed by atoms with E-state index in [2.05, 4.69) is 10.1 Å². The molecule has 3 nitrogen and oxygen atoms in total. The molecule has 1 aliphatic heterocycles. The smallest absolute Gasteiger partial charge is 0.306 e. The summed E-state index contributed by atoms with van der Waals surface area (Å²) in [6, 6.07) is 0. The average molecular weight is 207 g/mol. The van der Waals surface area contributed by atoms with Crippen LogP contribution in [-0.4, -0.2) is 31.6 Å². The van der Waals surface area contributed by atoms with E-state index in [9.17, 15) is 13.6 Å². The minimum atomic E-state index is -2.79. The highest BCUT2D eigenvalue weighted by Gasteiger charge is 2.42. The second-order valence-corrected chi connectivity index (χ2v) is 3.43. The van der Waals surface area contributed by atoms with E-state index in [0.29, 0.717) is 13.0 Å². The monoisotopic (exact) mass is 207 g/mol. The van der Waals surface area contributed by atoms with E-state index < -0.39 is 17.8 Å². The van der Waals surface area contributed by atoms with Crippen LogP contribution in [0.1, 0.15) is 19.8 Å². The predicted molar refractivity (Wildman–Crippen MR) is 47.2 cm³/mol. The van der Waals surface area contributed by atoms with Gasteiger partial charge in [0.05, 0.1) is 19.6 Å². The van der Waals surface area contributed by atoms with E-state index >= 15 is 0 Å². The van der Waals surface area contributed by atoms with Gasteiger partial charge in [-0.2, -0.15) is 0 Å². The van der Waals surface area contributed by atoms with Crippen molar-refractivity contribution in [1.82, 2.24) is 5.32 Å². The number of piperidine rings is 1. The molecule has 82 valence electrons. The van der Waals surface area contributed by atoms with Gasteiger partial charge in [-0.1, -0.05) is 0 Å². The van der Waals surface area contributed by atoms with Gasteiger partial charge < -0.3 is 10.1 Å². The Kier molecular flexibility index (Phi) is 3.80. The van der Waals surface area contributed by atoms with Crippen LogP contribution in [0.5, 0.6) is 0 Å². The van der Waals surface area contributed by atoms with Gasteiger partial charge in [0.25, 0.3) is 5.92 Å². The van der Waals surface area contributed by atoms with Gasteiger partial charge in [0.1, 0.15) is 0 Å². The van der Waals surface area contributed by atoms with Crippen LogP contribution in [0.3, 0.4) is 0 Å². The highest BCUT2D eigenvalue weighted by molar-refractivity contribution is 5.69. The lowest BCUT2D eigenvalue weighted by atomic mass is 9.91. The van der Waals surface area contributed by atoms with E-state index in [-0.39, 0.29) is 19.6 Å². The lowest BCUT2D eigenvalue weighted by Crippen LogP contribution is -2.46. The normalized spacial score (nSPS) is 25.8. The van der Waals surface area contributed by atoms with Crippen molar-refractivity contribution in [2.75, 3.05) is 19.7 Å². The Bertz CT molecular complexity index is 209. The highest BCUT2D eigenvalue weighted by atomic mass is 19.3. The molecule has 0 saturated carbocycles. The molecule has 0 amide bonds. The fourth-order valence-corrected chi connectivity index (χ4v) is 1.56. The van der Waals surface area contributed by atoms with E-state index in [1.807, 2.05) is 0 Å². The van der Waals surface area contributed by atoms with Gasteiger partial charge in [0, 0.05) is 5.92 Å². The minimum absolute atomic E-state index is 0.178. The Morgan fingerprint density at radius 2 is 2.36 bits per heavy atom. The zero-order valence-electron chi connectivity index (χ0n) is 8.19. The Morgan fingerprint density at radius 3 is 2.93 bits per heavy atom. The summed E-state index contributed by atoms with van der Waals surface area (Å²) in [6.45, 7) is 2.12. The number of alkyl halides is 2. The second-order valence-electron chi connectivity index (χ2n) is 3.43. The summed E-state index contributed by atoms with van der Waals surface area (Å²) in [5.41, 5.74) is 0. The van der Waals surface area contributed by atoms with Gasteiger partial charge in [0.2, 0.25) is 0 Å². The quantitative estimate of drug-likeness (QED) is 0.706. The van der Waals surface area contributed by atoms with Crippen LogP contribution in [-0.2, 0) is 9.53 Å². The number of carbonyl (C=O) groups excluding carboxylic acids is 1. The Morgan fingerprint density at radius 1 is 1.64 bits per heavy atom. The summed E-state index contributed by atoms with van der Waals surface area (Å²) >= 11 is 0. The SMILES string of the molecule is CCOC(=O)CC1CCNCC1(F)F. The third-order valence-electron chi connectivity index (χ3n) is 2.35. The zero-order valence-corrected chi connectivity index (χ0v) is 8.19. The van der Waals surface area contributed by atoms with Crippen LogP contribution in [0.25, 0.3) is 0 Å². The Hall–Kier alpha value is -0.710. The fraction of sp³-hybridized carbons (Fsp3) is 0.889. The maximum absolute atomic E-state index is 13.2. The molecule has 1 rings (SSSR count). The summed E-state index contributed by atoms with van der Waals surface area (Å²) in [6.07, 6.45) is 0.147. The number of rotatable bonds is 3. The number of halogens is 2. The van der Waals surface area contributed by atoms with E-state index in [1.54, 1.807) is 6.92 Å². The molecule has 1 unspecified atom stereocenters. The number of ether oxygens (including phenoxy) is 1. The number of esters is 1. The van der Waals surface area contributed by atoms with Gasteiger partial charge in [-0.3, -0.25) is 4.79 Å². The molecule has 1 saturated heterocycles. The molecular weight excluding hydrogens is 192 g/mol. The van der Waals surface area contributed by atoms with Gasteiger partial charge in [0.15, 0.2) is 0 Å². The third-order valence-corrected chi connectivity index (χ3v) is 2.35. The number of nitrogens with one attached hydrogen (secondary N) is 1. The van der Waals surface area contributed by atoms with Gasteiger partial charge in [-0.25, -0.2) is 8.78 Å². The van der Waals surface area contributed by atoms with Crippen molar-refractivity contribution in [2.24, 2.45) is 5.92 Å².